The number of carboxylic acid groups (broad SMARTS) is 1. The van der Waals surface area contributed by atoms with E-state index in [9.17, 15) is 4.79 Å². The van der Waals surface area contributed by atoms with Gasteiger partial charge in [-0.05, 0) is 6.07 Å². The molecule has 5 nitrogen and oxygen atoms in total. The number of nitrogens with zero attached hydrogens (tertiary/aromatic N) is 2. The fraction of sp³-hybridized carbons (Fsp3) is 0. The lowest BCUT2D eigenvalue weighted by Crippen LogP contribution is -2.11. The molecule has 0 aliphatic heterocycles. The van der Waals surface area contributed by atoms with Crippen molar-refractivity contribution in [3.05, 3.63) is 66.7 Å². The summed E-state index contributed by atoms with van der Waals surface area (Å²) in [5, 5.41) is 11.1. The number of amides is 1. The third kappa shape index (κ3) is 3.09. The Labute approximate surface area is 127 Å². The second-order valence-electron chi connectivity index (χ2n) is 4.62. The van der Waals surface area contributed by atoms with E-state index in [0.29, 0.717) is 11.4 Å². The molecule has 108 valence electrons. The van der Waals surface area contributed by atoms with Crippen LogP contribution in [0.25, 0.3) is 22.5 Å². The molecule has 0 fully saturated rings. The van der Waals surface area contributed by atoms with Gasteiger partial charge < -0.3 is 5.11 Å². The molecule has 22 heavy (non-hydrogen) atoms. The van der Waals surface area contributed by atoms with E-state index in [4.69, 9.17) is 5.11 Å². The van der Waals surface area contributed by atoms with Crippen LogP contribution in [0.3, 0.4) is 0 Å². The molecule has 0 radical (unpaired) electrons. The molecule has 0 aliphatic carbocycles. The lowest BCUT2D eigenvalue weighted by atomic mass is 10.1. The molecule has 0 bridgehead atoms. The molecule has 0 saturated heterocycles. The number of aromatic nitrogens is 2. The summed E-state index contributed by atoms with van der Waals surface area (Å²) >= 11 is 0. The highest BCUT2D eigenvalue weighted by Crippen LogP contribution is 2.24. The molecule has 0 spiro atoms. The Bertz CT molecular complexity index is 732. The second kappa shape index (κ2) is 6.05. The van der Waals surface area contributed by atoms with Crippen molar-refractivity contribution in [2.45, 2.75) is 0 Å². The van der Waals surface area contributed by atoms with Crippen molar-refractivity contribution in [3.8, 4) is 22.5 Å². The van der Waals surface area contributed by atoms with Crippen LogP contribution < -0.4 is 5.32 Å². The van der Waals surface area contributed by atoms with Gasteiger partial charge in [0.1, 0.15) is 0 Å². The summed E-state index contributed by atoms with van der Waals surface area (Å²) in [5.41, 5.74) is 3.13. The van der Waals surface area contributed by atoms with E-state index in [-0.39, 0.29) is 5.95 Å². The number of nitrogens with one attached hydrogen (secondary N) is 1. The Kier molecular flexibility index (Phi) is 3.78. The quantitative estimate of drug-likeness (QED) is 0.767. The Hall–Kier alpha value is -3.21. The summed E-state index contributed by atoms with van der Waals surface area (Å²) in [7, 11) is 0. The number of hydrogen-bond donors (Lipinski definition) is 2. The zero-order valence-corrected chi connectivity index (χ0v) is 11.6. The Morgan fingerprint density at radius 2 is 1.27 bits per heavy atom. The van der Waals surface area contributed by atoms with Gasteiger partial charge in [-0.25, -0.2) is 14.8 Å². The van der Waals surface area contributed by atoms with E-state index in [0.717, 1.165) is 11.1 Å². The average molecular weight is 291 g/mol. The molecule has 3 aromatic rings. The van der Waals surface area contributed by atoms with E-state index in [1.807, 2.05) is 66.7 Å². The van der Waals surface area contributed by atoms with Crippen LogP contribution in [0.1, 0.15) is 0 Å². The fourth-order valence-electron chi connectivity index (χ4n) is 2.11. The lowest BCUT2D eigenvalue weighted by molar-refractivity contribution is 0.209. The van der Waals surface area contributed by atoms with Crippen LogP contribution in [0, 0.1) is 0 Å². The first-order chi connectivity index (χ1) is 10.7. The van der Waals surface area contributed by atoms with Crippen LogP contribution in [-0.2, 0) is 0 Å². The summed E-state index contributed by atoms with van der Waals surface area (Å²) in [4.78, 5) is 19.4. The van der Waals surface area contributed by atoms with E-state index in [1.54, 1.807) is 0 Å². The van der Waals surface area contributed by atoms with Crippen molar-refractivity contribution in [3.63, 3.8) is 0 Å². The fourth-order valence-corrected chi connectivity index (χ4v) is 2.11. The largest absolute Gasteiger partial charge is 0.465 e. The summed E-state index contributed by atoms with van der Waals surface area (Å²) < 4.78 is 0. The molecule has 0 unspecified atom stereocenters. The van der Waals surface area contributed by atoms with Gasteiger partial charge in [-0.2, -0.15) is 0 Å². The molecule has 1 amide bonds. The highest BCUT2D eigenvalue weighted by molar-refractivity contribution is 5.81. The van der Waals surface area contributed by atoms with Gasteiger partial charge in [0.2, 0.25) is 5.95 Å². The standard InChI is InChI=1S/C17H13N3O2/c21-17(22)20-16-18-14(12-7-3-1-4-8-12)11-15(19-16)13-9-5-2-6-10-13/h1-11H,(H,21,22)(H,18,19,20). The average Bonchev–Trinajstić information content (AvgIpc) is 2.55. The molecular weight excluding hydrogens is 278 g/mol. The lowest BCUT2D eigenvalue weighted by Gasteiger charge is -2.08. The first-order valence-electron chi connectivity index (χ1n) is 6.72. The molecule has 2 aromatic carbocycles. The maximum atomic E-state index is 10.9. The van der Waals surface area contributed by atoms with Gasteiger partial charge in [-0.15, -0.1) is 0 Å². The number of anilines is 1. The van der Waals surface area contributed by atoms with Crippen LogP contribution in [0.5, 0.6) is 0 Å². The molecule has 0 saturated carbocycles. The van der Waals surface area contributed by atoms with E-state index in [2.05, 4.69) is 15.3 Å². The van der Waals surface area contributed by atoms with E-state index < -0.39 is 6.09 Å². The Balaban J connectivity index is 2.12. The van der Waals surface area contributed by atoms with Crippen LogP contribution in [0.4, 0.5) is 10.7 Å². The highest BCUT2D eigenvalue weighted by Gasteiger charge is 2.09. The Morgan fingerprint density at radius 3 is 1.68 bits per heavy atom. The summed E-state index contributed by atoms with van der Waals surface area (Å²) in [6.07, 6.45) is -1.19. The summed E-state index contributed by atoms with van der Waals surface area (Å²) in [5.74, 6) is 0.0627. The van der Waals surface area contributed by atoms with Crippen LogP contribution in [0.15, 0.2) is 66.7 Å². The van der Waals surface area contributed by atoms with Gasteiger partial charge >= 0.3 is 6.09 Å². The predicted octanol–water partition coefficient (Wildman–Crippen LogP) is 3.90. The van der Waals surface area contributed by atoms with Crippen molar-refractivity contribution in [2.75, 3.05) is 5.32 Å². The molecule has 3 rings (SSSR count). The number of benzene rings is 2. The minimum Gasteiger partial charge on any atom is -0.465 e. The van der Waals surface area contributed by atoms with Gasteiger partial charge in [0, 0.05) is 11.1 Å². The predicted molar refractivity (Wildman–Crippen MR) is 84.6 cm³/mol. The normalized spacial score (nSPS) is 10.2. The van der Waals surface area contributed by atoms with Gasteiger partial charge in [-0.1, -0.05) is 60.7 Å². The minimum atomic E-state index is -1.19. The van der Waals surface area contributed by atoms with Crippen molar-refractivity contribution >= 4 is 12.0 Å². The number of hydrogen-bond acceptors (Lipinski definition) is 3. The van der Waals surface area contributed by atoms with Crippen molar-refractivity contribution in [2.24, 2.45) is 0 Å². The Morgan fingerprint density at radius 1 is 0.818 bits per heavy atom. The molecular formula is C17H13N3O2. The second-order valence-corrected chi connectivity index (χ2v) is 4.62. The van der Waals surface area contributed by atoms with Crippen molar-refractivity contribution in [1.82, 2.24) is 9.97 Å². The van der Waals surface area contributed by atoms with E-state index >= 15 is 0 Å². The zero-order chi connectivity index (χ0) is 15.4. The highest BCUT2D eigenvalue weighted by atomic mass is 16.4. The van der Waals surface area contributed by atoms with Crippen LogP contribution in [-0.4, -0.2) is 21.2 Å². The zero-order valence-electron chi connectivity index (χ0n) is 11.6. The summed E-state index contributed by atoms with van der Waals surface area (Å²) in [6.45, 7) is 0. The van der Waals surface area contributed by atoms with Gasteiger partial charge in [-0.3, -0.25) is 5.32 Å². The topological polar surface area (TPSA) is 75.1 Å². The van der Waals surface area contributed by atoms with E-state index in [1.165, 1.54) is 0 Å². The molecule has 1 heterocycles. The monoisotopic (exact) mass is 291 g/mol. The molecule has 5 heteroatoms. The molecule has 0 atom stereocenters. The number of rotatable bonds is 3. The minimum absolute atomic E-state index is 0.0627. The van der Waals surface area contributed by atoms with Crippen molar-refractivity contribution in [1.29, 1.82) is 0 Å². The molecule has 1 aromatic heterocycles. The van der Waals surface area contributed by atoms with Gasteiger partial charge in [0.15, 0.2) is 0 Å². The molecule has 2 N–H and O–H groups in total. The SMILES string of the molecule is O=C(O)Nc1nc(-c2ccccc2)cc(-c2ccccc2)n1. The number of carbonyl (C=O) groups is 1. The smallest absolute Gasteiger partial charge is 0.411 e. The first kappa shape index (κ1) is 13.8. The van der Waals surface area contributed by atoms with Crippen LogP contribution in [0.2, 0.25) is 0 Å². The maximum Gasteiger partial charge on any atom is 0.411 e. The van der Waals surface area contributed by atoms with Crippen LogP contribution >= 0.6 is 0 Å². The summed E-state index contributed by atoms with van der Waals surface area (Å²) in [6, 6.07) is 21.0. The first-order valence-corrected chi connectivity index (χ1v) is 6.72. The third-order valence-electron chi connectivity index (χ3n) is 3.08. The van der Waals surface area contributed by atoms with Gasteiger partial charge in [0.25, 0.3) is 0 Å². The van der Waals surface area contributed by atoms with Crippen molar-refractivity contribution < 1.29 is 9.90 Å². The third-order valence-corrected chi connectivity index (χ3v) is 3.08. The maximum absolute atomic E-state index is 10.9. The van der Waals surface area contributed by atoms with Gasteiger partial charge in [0.05, 0.1) is 11.4 Å². The molecule has 0 aliphatic rings.